The van der Waals surface area contributed by atoms with E-state index in [4.69, 9.17) is 25.8 Å². The van der Waals surface area contributed by atoms with Crippen LogP contribution in [0.1, 0.15) is 22.3 Å². The van der Waals surface area contributed by atoms with Crippen molar-refractivity contribution in [3.63, 3.8) is 0 Å². The third-order valence-electron chi connectivity index (χ3n) is 5.06. The molecular formula is C25H28ClNO3. The summed E-state index contributed by atoms with van der Waals surface area (Å²) in [5.41, 5.74) is 4.48. The molecule has 0 spiro atoms. The molecule has 0 atom stereocenters. The van der Waals surface area contributed by atoms with Crippen molar-refractivity contribution in [2.45, 2.75) is 26.5 Å². The number of methoxy groups -OCH3 is 2. The van der Waals surface area contributed by atoms with Crippen molar-refractivity contribution in [1.29, 1.82) is 0 Å². The second-order valence-electron chi connectivity index (χ2n) is 7.05. The molecule has 1 N–H and O–H groups in total. The average Bonchev–Trinajstić information content (AvgIpc) is 2.77. The monoisotopic (exact) mass is 425 g/mol. The second kappa shape index (κ2) is 10.9. The number of benzene rings is 3. The molecule has 3 aromatic carbocycles. The number of aryl methyl sites for hydroxylation is 1. The Labute approximate surface area is 183 Å². The molecule has 3 aromatic rings. The molecule has 0 radical (unpaired) electrons. The molecule has 30 heavy (non-hydrogen) atoms. The van der Waals surface area contributed by atoms with E-state index in [0.29, 0.717) is 29.7 Å². The van der Waals surface area contributed by atoms with Gasteiger partial charge in [-0.1, -0.05) is 54.1 Å². The fourth-order valence-corrected chi connectivity index (χ4v) is 3.49. The third-order valence-corrected chi connectivity index (χ3v) is 5.41. The van der Waals surface area contributed by atoms with Gasteiger partial charge in [-0.05, 0) is 54.3 Å². The summed E-state index contributed by atoms with van der Waals surface area (Å²) in [6.45, 7) is 3.99. The van der Waals surface area contributed by atoms with Crippen molar-refractivity contribution in [2.75, 3.05) is 20.8 Å². The molecule has 4 nitrogen and oxygen atoms in total. The van der Waals surface area contributed by atoms with Gasteiger partial charge in [-0.2, -0.15) is 0 Å². The zero-order valence-corrected chi connectivity index (χ0v) is 18.5. The van der Waals surface area contributed by atoms with E-state index in [1.54, 1.807) is 14.2 Å². The van der Waals surface area contributed by atoms with Gasteiger partial charge in [0.25, 0.3) is 0 Å². The quantitative estimate of drug-likeness (QED) is 0.430. The van der Waals surface area contributed by atoms with E-state index in [-0.39, 0.29) is 0 Å². The van der Waals surface area contributed by atoms with Crippen molar-refractivity contribution < 1.29 is 14.2 Å². The molecule has 0 saturated carbocycles. The van der Waals surface area contributed by atoms with Crippen LogP contribution < -0.4 is 19.5 Å². The van der Waals surface area contributed by atoms with Crippen LogP contribution in [-0.2, 0) is 19.6 Å². The number of hydrogen-bond acceptors (Lipinski definition) is 4. The lowest BCUT2D eigenvalue weighted by molar-refractivity contribution is 0.283. The zero-order valence-electron chi connectivity index (χ0n) is 17.7. The minimum Gasteiger partial charge on any atom is -0.496 e. The first-order valence-electron chi connectivity index (χ1n) is 9.98. The van der Waals surface area contributed by atoms with Crippen LogP contribution in [0.15, 0.2) is 60.7 Å². The molecule has 0 heterocycles. The lowest BCUT2D eigenvalue weighted by atomic mass is 10.1. The van der Waals surface area contributed by atoms with Crippen molar-refractivity contribution in [1.82, 2.24) is 5.32 Å². The van der Waals surface area contributed by atoms with Crippen LogP contribution in [0.25, 0.3) is 0 Å². The molecular weight excluding hydrogens is 398 g/mol. The summed E-state index contributed by atoms with van der Waals surface area (Å²) in [7, 11) is 3.34. The summed E-state index contributed by atoms with van der Waals surface area (Å²) in [6.07, 6.45) is 0.871. The van der Waals surface area contributed by atoms with Crippen LogP contribution in [-0.4, -0.2) is 20.8 Å². The van der Waals surface area contributed by atoms with Gasteiger partial charge in [0, 0.05) is 17.6 Å². The zero-order chi connectivity index (χ0) is 21.3. The lowest BCUT2D eigenvalue weighted by Crippen LogP contribution is -2.17. The summed E-state index contributed by atoms with van der Waals surface area (Å²) in [5, 5.41) is 4.10. The number of ether oxygens (including phenoxy) is 3. The largest absolute Gasteiger partial charge is 0.496 e. The van der Waals surface area contributed by atoms with E-state index in [2.05, 4.69) is 30.4 Å². The van der Waals surface area contributed by atoms with Gasteiger partial charge in [0.2, 0.25) is 0 Å². The highest BCUT2D eigenvalue weighted by Gasteiger charge is 2.11. The Bertz CT molecular complexity index is 974. The first-order chi connectivity index (χ1) is 14.6. The van der Waals surface area contributed by atoms with E-state index >= 15 is 0 Å². The van der Waals surface area contributed by atoms with Crippen molar-refractivity contribution in [3.8, 4) is 17.2 Å². The van der Waals surface area contributed by atoms with Crippen LogP contribution in [0.4, 0.5) is 0 Å². The molecule has 5 heteroatoms. The van der Waals surface area contributed by atoms with E-state index < -0.39 is 0 Å². The summed E-state index contributed by atoms with van der Waals surface area (Å²) in [4.78, 5) is 0. The highest BCUT2D eigenvalue weighted by atomic mass is 35.5. The fraction of sp³-hybridized carbons (Fsp3) is 0.280. The normalized spacial score (nSPS) is 10.7. The van der Waals surface area contributed by atoms with E-state index in [1.165, 1.54) is 11.1 Å². The minimum atomic E-state index is 0.468. The van der Waals surface area contributed by atoms with Gasteiger partial charge in [-0.3, -0.25) is 0 Å². The van der Waals surface area contributed by atoms with Gasteiger partial charge in [-0.15, -0.1) is 0 Å². The summed E-state index contributed by atoms with van der Waals surface area (Å²) < 4.78 is 16.9. The number of rotatable bonds is 10. The van der Waals surface area contributed by atoms with Crippen LogP contribution in [0, 0.1) is 6.92 Å². The maximum absolute atomic E-state index is 6.52. The van der Waals surface area contributed by atoms with Gasteiger partial charge in [-0.25, -0.2) is 0 Å². The minimum absolute atomic E-state index is 0.468. The standard InChI is InChI=1S/C25H28ClNO3/c1-18-8-4-5-10-20(18)17-30-25-15-22(26)21(14-24(25)29-3)16-27-13-12-19-9-6-7-11-23(19)28-2/h4-11,14-15,27H,12-13,16-17H2,1-3H3. The maximum Gasteiger partial charge on any atom is 0.163 e. The maximum atomic E-state index is 6.52. The first-order valence-corrected chi connectivity index (χ1v) is 10.4. The SMILES string of the molecule is COc1ccccc1CCNCc1cc(OC)c(OCc2ccccc2C)cc1Cl. The summed E-state index contributed by atoms with van der Waals surface area (Å²) in [5.74, 6) is 2.23. The smallest absolute Gasteiger partial charge is 0.163 e. The third kappa shape index (κ3) is 5.68. The van der Waals surface area contributed by atoms with Crippen LogP contribution in [0.2, 0.25) is 5.02 Å². The average molecular weight is 426 g/mol. The van der Waals surface area contributed by atoms with Crippen LogP contribution in [0.5, 0.6) is 17.2 Å². The Balaban J connectivity index is 1.60. The number of para-hydroxylation sites is 1. The molecule has 0 unspecified atom stereocenters. The van der Waals surface area contributed by atoms with Gasteiger partial charge >= 0.3 is 0 Å². The van der Waals surface area contributed by atoms with Gasteiger partial charge < -0.3 is 19.5 Å². The van der Waals surface area contributed by atoms with Crippen molar-refractivity contribution in [3.05, 3.63) is 87.9 Å². The fourth-order valence-electron chi connectivity index (χ4n) is 3.27. The van der Waals surface area contributed by atoms with Crippen LogP contribution >= 0.6 is 11.6 Å². The molecule has 0 fully saturated rings. The predicted molar refractivity (Wildman–Crippen MR) is 122 cm³/mol. The molecule has 0 aliphatic heterocycles. The Hall–Kier alpha value is -2.69. The highest BCUT2D eigenvalue weighted by molar-refractivity contribution is 6.31. The van der Waals surface area contributed by atoms with Crippen LogP contribution in [0.3, 0.4) is 0 Å². The Morgan fingerprint density at radius 1 is 0.800 bits per heavy atom. The summed E-state index contributed by atoms with van der Waals surface area (Å²) >= 11 is 6.52. The second-order valence-corrected chi connectivity index (χ2v) is 7.46. The first kappa shape index (κ1) is 22.0. The number of hydrogen-bond donors (Lipinski definition) is 1. The molecule has 0 aliphatic carbocycles. The van der Waals surface area contributed by atoms with Crippen molar-refractivity contribution in [2.24, 2.45) is 0 Å². The topological polar surface area (TPSA) is 39.7 Å². The Kier molecular flexibility index (Phi) is 8.00. The van der Waals surface area contributed by atoms with Gasteiger partial charge in [0.05, 0.1) is 14.2 Å². The predicted octanol–water partition coefficient (Wildman–Crippen LogP) is 5.58. The van der Waals surface area contributed by atoms with E-state index in [0.717, 1.165) is 29.8 Å². The molecule has 0 bridgehead atoms. The Morgan fingerprint density at radius 3 is 2.23 bits per heavy atom. The molecule has 3 rings (SSSR count). The molecule has 0 amide bonds. The van der Waals surface area contributed by atoms with Gasteiger partial charge in [0.1, 0.15) is 12.4 Å². The Morgan fingerprint density at radius 2 is 1.50 bits per heavy atom. The van der Waals surface area contributed by atoms with Crippen molar-refractivity contribution >= 4 is 11.6 Å². The molecule has 0 aliphatic rings. The molecule has 0 saturated heterocycles. The molecule has 158 valence electrons. The number of nitrogens with one attached hydrogen (secondary N) is 1. The highest BCUT2D eigenvalue weighted by Crippen LogP contribution is 2.34. The number of halogens is 1. The molecule has 0 aromatic heterocycles. The van der Waals surface area contributed by atoms with E-state index in [1.807, 2.05) is 42.5 Å². The van der Waals surface area contributed by atoms with E-state index in [9.17, 15) is 0 Å². The van der Waals surface area contributed by atoms with Gasteiger partial charge in [0.15, 0.2) is 11.5 Å². The summed E-state index contributed by atoms with van der Waals surface area (Å²) in [6, 6.07) is 20.0. The lowest BCUT2D eigenvalue weighted by Gasteiger charge is -2.15.